The number of carbonyl (C=O) groups is 1. The summed E-state index contributed by atoms with van der Waals surface area (Å²) < 4.78 is 24.2. The van der Waals surface area contributed by atoms with Crippen molar-refractivity contribution in [3.8, 4) is 16.9 Å². The predicted octanol–water partition coefficient (Wildman–Crippen LogP) is 3.16. The van der Waals surface area contributed by atoms with Crippen molar-refractivity contribution in [2.45, 2.75) is 12.5 Å². The van der Waals surface area contributed by atoms with E-state index in [9.17, 15) is 9.36 Å². The molecule has 0 aliphatic carbocycles. The zero-order chi connectivity index (χ0) is 17.9. The molecule has 0 bridgehead atoms. The minimum Gasteiger partial charge on any atom is -0.469 e. The number of hydrogen-bond donors (Lipinski definition) is 0. The molecule has 0 spiro atoms. The van der Waals surface area contributed by atoms with Crippen molar-refractivity contribution in [1.29, 1.82) is 0 Å². The Bertz CT molecular complexity index is 819. The van der Waals surface area contributed by atoms with E-state index in [1.807, 2.05) is 36.4 Å². The van der Waals surface area contributed by atoms with E-state index in [0.717, 1.165) is 11.1 Å². The summed E-state index contributed by atoms with van der Waals surface area (Å²) in [5, 5.41) is 0.614. The number of rotatable bonds is 6. The number of benzene rings is 2. The molecule has 7 heteroatoms. The van der Waals surface area contributed by atoms with E-state index in [-0.39, 0.29) is 12.6 Å². The van der Waals surface area contributed by atoms with E-state index in [4.69, 9.17) is 14.3 Å². The van der Waals surface area contributed by atoms with Gasteiger partial charge in [0, 0.05) is 5.56 Å². The minimum atomic E-state index is -3.30. The lowest BCUT2D eigenvalue weighted by Gasteiger charge is -2.30. The predicted molar refractivity (Wildman–Crippen MR) is 93.1 cm³/mol. The molecular weight excluding hydrogens is 343 g/mol. The molecule has 1 aliphatic heterocycles. The topological polar surface area (TPSA) is 71.1 Å². The SMILES string of the molecule is COOC(CC(=O)OC)CP1(=O)Oc2ccccc2-c2ccccc21. The van der Waals surface area contributed by atoms with Crippen molar-refractivity contribution in [2.75, 3.05) is 20.4 Å². The highest BCUT2D eigenvalue weighted by molar-refractivity contribution is 7.67. The lowest BCUT2D eigenvalue weighted by Crippen LogP contribution is -2.28. The van der Waals surface area contributed by atoms with Gasteiger partial charge in [-0.3, -0.25) is 9.36 Å². The summed E-state index contributed by atoms with van der Waals surface area (Å²) >= 11 is 0. The molecule has 2 aromatic carbocycles. The Morgan fingerprint density at radius 3 is 2.48 bits per heavy atom. The molecule has 25 heavy (non-hydrogen) atoms. The van der Waals surface area contributed by atoms with Crippen LogP contribution >= 0.6 is 7.37 Å². The number of methoxy groups -OCH3 is 1. The Morgan fingerprint density at radius 1 is 1.08 bits per heavy atom. The van der Waals surface area contributed by atoms with Crippen molar-refractivity contribution < 1.29 is 28.4 Å². The number of carbonyl (C=O) groups excluding carboxylic acids is 1. The van der Waals surface area contributed by atoms with Crippen molar-refractivity contribution in [2.24, 2.45) is 0 Å². The largest absolute Gasteiger partial charge is 0.469 e. The molecule has 2 aromatic rings. The number of fused-ring (bicyclic) bond motifs is 3. The van der Waals surface area contributed by atoms with E-state index in [0.29, 0.717) is 11.1 Å². The summed E-state index contributed by atoms with van der Waals surface area (Å²) in [5.74, 6) is 0.0816. The molecule has 0 saturated carbocycles. The van der Waals surface area contributed by atoms with E-state index in [2.05, 4.69) is 4.74 Å². The monoisotopic (exact) mass is 362 g/mol. The number of ether oxygens (including phenoxy) is 1. The van der Waals surface area contributed by atoms with Gasteiger partial charge in [-0.2, -0.15) is 0 Å². The van der Waals surface area contributed by atoms with Gasteiger partial charge in [-0.05, 0) is 17.7 Å². The summed E-state index contributed by atoms with van der Waals surface area (Å²) in [6, 6.07) is 14.8. The van der Waals surface area contributed by atoms with Crippen LogP contribution in [0, 0.1) is 0 Å². The molecule has 0 saturated heterocycles. The van der Waals surface area contributed by atoms with Crippen LogP contribution in [0.5, 0.6) is 5.75 Å². The smallest absolute Gasteiger partial charge is 0.308 e. The lowest BCUT2D eigenvalue weighted by molar-refractivity contribution is -0.300. The van der Waals surface area contributed by atoms with Gasteiger partial charge >= 0.3 is 5.97 Å². The van der Waals surface area contributed by atoms with Crippen molar-refractivity contribution in [3.05, 3.63) is 48.5 Å². The third-order valence-electron chi connectivity index (χ3n) is 3.99. The van der Waals surface area contributed by atoms with Gasteiger partial charge in [-0.15, -0.1) is 0 Å². The van der Waals surface area contributed by atoms with Gasteiger partial charge in [0.2, 0.25) is 0 Å². The van der Waals surface area contributed by atoms with E-state index in [1.54, 1.807) is 12.1 Å². The van der Waals surface area contributed by atoms with E-state index in [1.165, 1.54) is 14.2 Å². The molecule has 0 N–H and O–H groups in total. The maximum absolute atomic E-state index is 13.7. The summed E-state index contributed by atoms with van der Waals surface area (Å²) in [6.45, 7) is 0. The Hall–Kier alpha value is -2.14. The van der Waals surface area contributed by atoms with Gasteiger partial charge in [0.05, 0.1) is 32.1 Å². The fourth-order valence-electron chi connectivity index (χ4n) is 2.91. The van der Waals surface area contributed by atoms with Crippen LogP contribution in [-0.2, 0) is 23.9 Å². The maximum Gasteiger partial charge on any atom is 0.308 e. The second kappa shape index (κ2) is 7.40. The van der Waals surface area contributed by atoms with Crippen molar-refractivity contribution in [3.63, 3.8) is 0 Å². The van der Waals surface area contributed by atoms with Crippen LogP contribution in [0.25, 0.3) is 11.1 Å². The third kappa shape index (κ3) is 3.61. The standard InChI is InChI=1S/C18H19O6P/c1-21-18(19)11-13(23-22-2)12-25(20)17-10-6-4-8-15(17)14-7-3-5-9-16(14)24-25/h3-10,13H,11-12H2,1-2H3. The maximum atomic E-state index is 13.7. The van der Waals surface area contributed by atoms with Crippen LogP contribution < -0.4 is 9.83 Å². The zero-order valence-corrected chi connectivity index (χ0v) is 14.9. The molecule has 0 fully saturated rings. The second-order valence-corrected chi connectivity index (χ2v) is 8.00. The molecule has 1 heterocycles. The number of hydrogen-bond acceptors (Lipinski definition) is 6. The normalized spacial score (nSPS) is 19.3. The minimum absolute atomic E-state index is 0.00128. The Labute approximate surface area is 146 Å². The van der Waals surface area contributed by atoms with Crippen LogP contribution in [0.1, 0.15) is 6.42 Å². The summed E-state index contributed by atoms with van der Waals surface area (Å²) in [6.07, 6.45) is -0.829. The first-order valence-corrected chi connectivity index (χ1v) is 9.62. The molecule has 0 radical (unpaired) electrons. The Balaban J connectivity index is 1.98. The fraction of sp³-hybridized carbons (Fsp3) is 0.278. The van der Waals surface area contributed by atoms with Gasteiger partial charge in [0.1, 0.15) is 11.9 Å². The molecule has 3 rings (SSSR count). The fourth-order valence-corrected chi connectivity index (χ4v) is 5.36. The van der Waals surface area contributed by atoms with Crippen molar-refractivity contribution >= 4 is 18.6 Å². The van der Waals surface area contributed by atoms with Crippen molar-refractivity contribution in [1.82, 2.24) is 0 Å². The van der Waals surface area contributed by atoms with E-state index < -0.39 is 19.4 Å². The third-order valence-corrected chi connectivity index (χ3v) is 6.50. The highest BCUT2D eigenvalue weighted by atomic mass is 31.2. The Morgan fingerprint density at radius 2 is 1.76 bits per heavy atom. The molecular formula is C18H19O6P. The summed E-state index contributed by atoms with van der Waals surface area (Å²) in [4.78, 5) is 21.4. The van der Waals surface area contributed by atoms with E-state index >= 15 is 0 Å². The zero-order valence-electron chi connectivity index (χ0n) is 14.0. The summed E-state index contributed by atoms with van der Waals surface area (Å²) in [5.41, 5.74) is 1.75. The molecule has 2 unspecified atom stereocenters. The van der Waals surface area contributed by atoms with Gasteiger partial charge in [0.25, 0.3) is 7.37 Å². The quantitative estimate of drug-likeness (QED) is 0.340. The first-order valence-electron chi connectivity index (χ1n) is 7.81. The number of para-hydroxylation sites is 1. The van der Waals surface area contributed by atoms with Gasteiger partial charge < -0.3 is 9.26 Å². The highest BCUT2D eigenvalue weighted by Crippen LogP contribution is 2.55. The van der Waals surface area contributed by atoms with Crippen LogP contribution in [0.4, 0.5) is 0 Å². The van der Waals surface area contributed by atoms with Crippen LogP contribution in [0.15, 0.2) is 48.5 Å². The molecule has 0 aromatic heterocycles. The van der Waals surface area contributed by atoms with Gasteiger partial charge in [-0.1, -0.05) is 36.4 Å². The molecule has 2 atom stereocenters. The van der Waals surface area contributed by atoms with Crippen LogP contribution in [0.2, 0.25) is 0 Å². The Kier molecular flexibility index (Phi) is 5.23. The number of esters is 1. The second-order valence-electron chi connectivity index (χ2n) is 5.63. The first kappa shape index (κ1) is 17.7. The first-order chi connectivity index (χ1) is 12.1. The highest BCUT2D eigenvalue weighted by Gasteiger charge is 2.39. The average molecular weight is 362 g/mol. The molecule has 6 nitrogen and oxygen atoms in total. The molecule has 0 amide bonds. The summed E-state index contributed by atoms with van der Waals surface area (Å²) in [7, 11) is -0.674. The lowest BCUT2D eigenvalue weighted by atomic mass is 10.0. The van der Waals surface area contributed by atoms with Gasteiger partial charge in [0.15, 0.2) is 0 Å². The van der Waals surface area contributed by atoms with Gasteiger partial charge in [-0.25, -0.2) is 9.78 Å². The van der Waals surface area contributed by atoms with Crippen LogP contribution in [-0.4, -0.2) is 32.5 Å². The molecule has 1 aliphatic rings. The molecule has 132 valence electrons. The van der Waals surface area contributed by atoms with Crippen LogP contribution in [0.3, 0.4) is 0 Å². The average Bonchev–Trinajstić information content (AvgIpc) is 2.62.